The number of hydrogen-bond acceptors (Lipinski definition) is 3. The highest BCUT2D eigenvalue weighted by atomic mass is 16.2. The lowest BCUT2D eigenvalue weighted by atomic mass is 10.1. The van der Waals surface area contributed by atoms with Gasteiger partial charge in [0.1, 0.15) is 0 Å². The summed E-state index contributed by atoms with van der Waals surface area (Å²) in [5.41, 5.74) is 2.75. The van der Waals surface area contributed by atoms with Gasteiger partial charge < -0.3 is 16.0 Å². The SMILES string of the molecule is CC(=O)Nc1cccc(C(=O)NC(C)c2ccc(NC(=O)C3CC3)cc2)c1. The lowest BCUT2D eigenvalue weighted by Gasteiger charge is -2.15. The molecule has 6 nitrogen and oxygen atoms in total. The topological polar surface area (TPSA) is 87.3 Å². The number of carbonyl (C=O) groups excluding carboxylic acids is 3. The molecule has 27 heavy (non-hydrogen) atoms. The fourth-order valence-electron chi connectivity index (χ4n) is 2.75. The molecule has 2 aromatic carbocycles. The first kappa shape index (κ1) is 18.6. The van der Waals surface area contributed by atoms with Crippen molar-refractivity contribution in [3.63, 3.8) is 0 Å². The first-order chi connectivity index (χ1) is 12.9. The zero-order valence-electron chi connectivity index (χ0n) is 15.4. The van der Waals surface area contributed by atoms with Crippen molar-refractivity contribution < 1.29 is 14.4 Å². The lowest BCUT2D eigenvalue weighted by Crippen LogP contribution is -2.26. The standard InChI is InChI=1S/C21H23N3O3/c1-13(15-8-10-18(11-9-15)24-20(26)16-6-7-16)22-21(27)17-4-3-5-19(12-17)23-14(2)25/h3-5,8-13,16H,6-7H2,1-2H3,(H,22,27)(H,23,25)(H,24,26). The average molecular weight is 365 g/mol. The third kappa shape index (κ3) is 5.17. The van der Waals surface area contributed by atoms with Crippen LogP contribution in [0.5, 0.6) is 0 Å². The minimum Gasteiger partial charge on any atom is -0.346 e. The van der Waals surface area contributed by atoms with E-state index >= 15 is 0 Å². The molecule has 3 N–H and O–H groups in total. The normalized spacial score (nSPS) is 14.1. The monoisotopic (exact) mass is 365 g/mol. The van der Waals surface area contributed by atoms with Gasteiger partial charge in [-0.2, -0.15) is 0 Å². The van der Waals surface area contributed by atoms with Gasteiger partial charge in [0.05, 0.1) is 6.04 Å². The maximum atomic E-state index is 12.5. The van der Waals surface area contributed by atoms with Gasteiger partial charge in [-0.1, -0.05) is 18.2 Å². The average Bonchev–Trinajstić information content (AvgIpc) is 3.47. The van der Waals surface area contributed by atoms with Gasteiger partial charge in [0, 0.05) is 29.8 Å². The molecule has 0 heterocycles. The highest BCUT2D eigenvalue weighted by Gasteiger charge is 2.29. The number of hydrogen-bond donors (Lipinski definition) is 3. The van der Waals surface area contributed by atoms with Gasteiger partial charge in [0.25, 0.3) is 5.91 Å². The van der Waals surface area contributed by atoms with Crippen molar-refractivity contribution in [1.82, 2.24) is 5.32 Å². The molecule has 6 heteroatoms. The molecule has 0 aliphatic heterocycles. The predicted molar refractivity (Wildman–Crippen MR) is 104 cm³/mol. The van der Waals surface area contributed by atoms with E-state index in [0.717, 1.165) is 24.1 Å². The molecule has 1 aliphatic rings. The number of carbonyl (C=O) groups is 3. The number of nitrogens with one attached hydrogen (secondary N) is 3. The van der Waals surface area contributed by atoms with Crippen LogP contribution in [0.1, 0.15) is 48.7 Å². The zero-order chi connectivity index (χ0) is 19.4. The van der Waals surface area contributed by atoms with Crippen LogP contribution in [0.2, 0.25) is 0 Å². The molecule has 3 rings (SSSR count). The van der Waals surface area contributed by atoms with Gasteiger partial charge in [0.15, 0.2) is 0 Å². The van der Waals surface area contributed by atoms with E-state index in [9.17, 15) is 14.4 Å². The van der Waals surface area contributed by atoms with E-state index in [0.29, 0.717) is 11.3 Å². The van der Waals surface area contributed by atoms with Crippen LogP contribution < -0.4 is 16.0 Å². The van der Waals surface area contributed by atoms with E-state index in [1.807, 2.05) is 31.2 Å². The van der Waals surface area contributed by atoms with Crippen LogP contribution in [0.25, 0.3) is 0 Å². The zero-order valence-corrected chi connectivity index (χ0v) is 15.4. The second kappa shape index (κ2) is 8.03. The van der Waals surface area contributed by atoms with E-state index in [-0.39, 0.29) is 29.7 Å². The molecule has 2 aromatic rings. The molecule has 1 unspecified atom stereocenters. The summed E-state index contributed by atoms with van der Waals surface area (Å²) in [5, 5.41) is 8.51. The smallest absolute Gasteiger partial charge is 0.251 e. The molecule has 0 spiro atoms. The Balaban J connectivity index is 1.60. The van der Waals surface area contributed by atoms with E-state index in [2.05, 4.69) is 16.0 Å². The van der Waals surface area contributed by atoms with Crippen LogP contribution in [0, 0.1) is 5.92 Å². The molecule has 1 fully saturated rings. The Morgan fingerprint density at radius 3 is 2.30 bits per heavy atom. The second-order valence-electron chi connectivity index (χ2n) is 6.84. The molecule has 1 saturated carbocycles. The van der Waals surface area contributed by atoms with Crippen LogP contribution in [0.15, 0.2) is 48.5 Å². The molecule has 3 amide bonds. The van der Waals surface area contributed by atoms with Crippen LogP contribution >= 0.6 is 0 Å². The fraction of sp³-hybridized carbons (Fsp3) is 0.286. The van der Waals surface area contributed by atoms with E-state index in [1.165, 1.54) is 6.92 Å². The van der Waals surface area contributed by atoms with Gasteiger partial charge in [-0.15, -0.1) is 0 Å². The van der Waals surface area contributed by atoms with Crippen molar-refractivity contribution in [2.75, 3.05) is 10.6 Å². The maximum absolute atomic E-state index is 12.5. The number of anilines is 2. The second-order valence-corrected chi connectivity index (χ2v) is 6.84. The van der Waals surface area contributed by atoms with E-state index in [1.54, 1.807) is 24.3 Å². The van der Waals surface area contributed by atoms with E-state index < -0.39 is 0 Å². The minimum absolute atomic E-state index is 0.0724. The molecule has 0 saturated heterocycles. The first-order valence-corrected chi connectivity index (χ1v) is 9.01. The summed E-state index contributed by atoms with van der Waals surface area (Å²) in [4.78, 5) is 35.4. The van der Waals surface area contributed by atoms with Crippen molar-refractivity contribution >= 4 is 29.1 Å². The molecule has 1 atom stereocenters. The molecular formula is C21H23N3O3. The van der Waals surface area contributed by atoms with Crippen molar-refractivity contribution in [1.29, 1.82) is 0 Å². The summed E-state index contributed by atoms with van der Waals surface area (Å²) in [7, 11) is 0. The van der Waals surface area contributed by atoms with Crippen molar-refractivity contribution in [2.45, 2.75) is 32.7 Å². The Morgan fingerprint density at radius 2 is 1.67 bits per heavy atom. The van der Waals surface area contributed by atoms with Gasteiger partial charge in [-0.3, -0.25) is 14.4 Å². The molecular weight excluding hydrogens is 342 g/mol. The molecule has 0 aromatic heterocycles. The summed E-state index contributed by atoms with van der Waals surface area (Å²) in [6.07, 6.45) is 1.94. The summed E-state index contributed by atoms with van der Waals surface area (Å²) >= 11 is 0. The van der Waals surface area contributed by atoms with Crippen molar-refractivity contribution in [2.24, 2.45) is 5.92 Å². The third-order valence-electron chi connectivity index (χ3n) is 4.42. The predicted octanol–water partition coefficient (Wildman–Crippen LogP) is 3.48. The number of amides is 3. The fourth-order valence-corrected chi connectivity index (χ4v) is 2.75. The number of benzene rings is 2. The van der Waals surface area contributed by atoms with Gasteiger partial charge in [-0.05, 0) is 55.7 Å². The Morgan fingerprint density at radius 1 is 0.963 bits per heavy atom. The van der Waals surface area contributed by atoms with Gasteiger partial charge >= 0.3 is 0 Å². The lowest BCUT2D eigenvalue weighted by molar-refractivity contribution is -0.117. The summed E-state index contributed by atoms with van der Waals surface area (Å²) in [6.45, 7) is 3.32. The highest BCUT2D eigenvalue weighted by molar-refractivity contribution is 5.97. The van der Waals surface area contributed by atoms with Crippen LogP contribution in [0.4, 0.5) is 11.4 Å². The quantitative estimate of drug-likeness (QED) is 0.732. The molecule has 0 bridgehead atoms. The van der Waals surface area contributed by atoms with Crippen LogP contribution in [0.3, 0.4) is 0 Å². The molecule has 140 valence electrons. The van der Waals surface area contributed by atoms with Crippen LogP contribution in [-0.2, 0) is 9.59 Å². The van der Waals surface area contributed by atoms with Crippen molar-refractivity contribution in [3.05, 3.63) is 59.7 Å². The Kier molecular flexibility index (Phi) is 5.54. The number of rotatable bonds is 6. The summed E-state index contributed by atoms with van der Waals surface area (Å²) < 4.78 is 0. The third-order valence-corrected chi connectivity index (χ3v) is 4.42. The highest BCUT2D eigenvalue weighted by Crippen LogP contribution is 2.30. The van der Waals surface area contributed by atoms with Crippen LogP contribution in [-0.4, -0.2) is 17.7 Å². The van der Waals surface area contributed by atoms with Gasteiger partial charge in [-0.25, -0.2) is 0 Å². The maximum Gasteiger partial charge on any atom is 0.251 e. The Hall–Kier alpha value is -3.15. The van der Waals surface area contributed by atoms with Crippen molar-refractivity contribution in [3.8, 4) is 0 Å². The molecule has 0 radical (unpaired) electrons. The largest absolute Gasteiger partial charge is 0.346 e. The van der Waals surface area contributed by atoms with E-state index in [4.69, 9.17) is 0 Å². The first-order valence-electron chi connectivity index (χ1n) is 9.01. The summed E-state index contributed by atoms with van der Waals surface area (Å²) in [6, 6.07) is 14.1. The van der Waals surface area contributed by atoms with Gasteiger partial charge in [0.2, 0.25) is 11.8 Å². The Bertz CT molecular complexity index is 857. The summed E-state index contributed by atoms with van der Waals surface area (Å²) in [5.74, 6) is -0.171. The Labute approximate surface area is 158 Å². The minimum atomic E-state index is -0.221. The molecule has 1 aliphatic carbocycles.